The molecule has 0 spiro atoms. The van der Waals surface area contributed by atoms with Crippen LogP contribution >= 0.6 is 11.6 Å². The van der Waals surface area contributed by atoms with Crippen molar-refractivity contribution >= 4 is 22.6 Å². The number of rotatable bonds is 3. The SMILES string of the molecule is Clc1ccc(-c2nc3ccc(Cn4ccnc4)cc3[nH]2)cc1. The lowest BCUT2D eigenvalue weighted by molar-refractivity contribution is 0.798. The molecule has 2 heterocycles. The predicted molar refractivity (Wildman–Crippen MR) is 87.9 cm³/mol. The van der Waals surface area contributed by atoms with Gasteiger partial charge in [0.15, 0.2) is 0 Å². The summed E-state index contributed by atoms with van der Waals surface area (Å²) in [5.74, 6) is 0.853. The molecule has 0 fully saturated rings. The van der Waals surface area contributed by atoms with Crippen LogP contribution in [0.1, 0.15) is 5.56 Å². The first-order valence-electron chi connectivity index (χ1n) is 6.98. The lowest BCUT2D eigenvalue weighted by atomic mass is 10.2. The van der Waals surface area contributed by atoms with Crippen molar-refractivity contribution < 1.29 is 0 Å². The Morgan fingerprint density at radius 3 is 2.73 bits per heavy atom. The van der Waals surface area contributed by atoms with E-state index < -0.39 is 0 Å². The van der Waals surface area contributed by atoms with E-state index in [9.17, 15) is 0 Å². The molecule has 4 nitrogen and oxygen atoms in total. The Bertz CT molecular complexity index is 908. The zero-order valence-electron chi connectivity index (χ0n) is 11.7. The first kappa shape index (κ1) is 13.1. The number of nitrogens with one attached hydrogen (secondary N) is 1. The highest BCUT2D eigenvalue weighted by Crippen LogP contribution is 2.23. The van der Waals surface area contributed by atoms with Crippen LogP contribution in [0.25, 0.3) is 22.4 Å². The maximum Gasteiger partial charge on any atom is 0.138 e. The lowest BCUT2D eigenvalue weighted by Gasteiger charge is -2.01. The van der Waals surface area contributed by atoms with Gasteiger partial charge in [0, 0.05) is 29.5 Å². The van der Waals surface area contributed by atoms with E-state index in [-0.39, 0.29) is 0 Å². The predicted octanol–water partition coefficient (Wildman–Crippen LogP) is 4.13. The highest BCUT2D eigenvalue weighted by molar-refractivity contribution is 6.30. The molecule has 0 amide bonds. The molecule has 108 valence electrons. The van der Waals surface area contributed by atoms with Gasteiger partial charge in [-0.05, 0) is 42.0 Å². The van der Waals surface area contributed by atoms with Crippen LogP contribution in [-0.4, -0.2) is 19.5 Å². The molecule has 2 aromatic carbocycles. The molecular formula is C17H13ClN4. The number of hydrogen-bond donors (Lipinski definition) is 1. The van der Waals surface area contributed by atoms with Gasteiger partial charge in [-0.15, -0.1) is 0 Å². The van der Waals surface area contributed by atoms with Crippen LogP contribution in [0.4, 0.5) is 0 Å². The summed E-state index contributed by atoms with van der Waals surface area (Å²) in [5, 5.41) is 0.725. The molecular weight excluding hydrogens is 296 g/mol. The number of hydrogen-bond acceptors (Lipinski definition) is 2. The van der Waals surface area contributed by atoms with Gasteiger partial charge in [-0.25, -0.2) is 9.97 Å². The number of aromatic nitrogens is 4. The van der Waals surface area contributed by atoms with Gasteiger partial charge in [0.1, 0.15) is 5.82 Å². The molecule has 0 saturated carbocycles. The summed E-state index contributed by atoms with van der Waals surface area (Å²) < 4.78 is 2.04. The summed E-state index contributed by atoms with van der Waals surface area (Å²) in [6, 6.07) is 13.9. The topological polar surface area (TPSA) is 46.5 Å². The molecule has 0 aliphatic rings. The van der Waals surface area contributed by atoms with Crippen LogP contribution in [0, 0.1) is 0 Å². The number of fused-ring (bicyclic) bond motifs is 1. The molecule has 0 bridgehead atoms. The lowest BCUT2D eigenvalue weighted by Crippen LogP contribution is -1.95. The van der Waals surface area contributed by atoms with Crippen molar-refractivity contribution in [1.82, 2.24) is 19.5 Å². The van der Waals surface area contributed by atoms with Gasteiger partial charge in [-0.2, -0.15) is 0 Å². The number of nitrogens with zero attached hydrogens (tertiary/aromatic N) is 3. The average Bonchev–Trinajstić information content (AvgIpc) is 3.17. The van der Waals surface area contributed by atoms with Gasteiger partial charge < -0.3 is 9.55 Å². The second-order valence-corrected chi connectivity index (χ2v) is 5.62. The van der Waals surface area contributed by atoms with E-state index in [1.807, 2.05) is 47.4 Å². The van der Waals surface area contributed by atoms with Crippen molar-refractivity contribution in [2.45, 2.75) is 6.54 Å². The molecule has 22 heavy (non-hydrogen) atoms. The maximum absolute atomic E-state index is 5.93. The zero-order valence-corrected chi connectivity index (χ0v) is 12.5. The number of halogens is 1. The third-order valence-electron chi connectivity index (χ3n) is 3.59. The van der Waals surface area contributed by atoms with E-state index in [0.717, 1.165) is 34.0 Å². The summed E-state index contributed by atoms with van der Waals surface area (Å²) in [5.41, 5.74) is 4.22. The molecule has 4 rings (SSSR count). The van der Waals surface area contributed by atoms with Gasteiger partial charge in [-0.1, -0.05) is 17.7 Å². The van der Waals surface area contributed by atoms with Crippen molar-refractivity contribution in [3.63, 3.8) is 0 Å². The first-order valence-corrected chi connectivity index (χ1v) is 7.36. The smallest absolute Gasteiger partial charge is 0.138 e. The molecule has 1 N–H and O–H groups in total. The van der Waals surface area contributed by atoms with Crippen molar-refractivity contribution in [3.8, 4) is 11.4 Å². The molecule has 4 aromatic rings. The maximum atomic E-state index is 5.93. The summed E-state index contributed by atoms with van der Waals surface area (Å²) >= 11 is 5.93. The number of benzene rings is 2. The van der Waals surface area contributed by atoms with Crippen molar-refractivity contribution in [2.75, 3.05) is 0 Å². The monoisotopic (exact) mass is 308 g/mol. The molecule has 0 unspecified atom stereocenters. The Morgan fingerprint density at radius 2 is 1.95 bits per heavy atom. The third-order valence-corrected chi connectivity index (χ3v) is 3.84. The van der Waals surface area contributed by atoms with E-state index in [4.69, 9.17) is 11.6 Å². The summed E-state index contributed by atoms with van der Waals surface area (Å²) in [4.78, 5) is 12.1. The Hall–Kier alpha value is -2.59. The van der Waals surface area contributed by atoms with E-state index in [0.29, 0.717) is 0 Å². The second kappa shape index (κ2) is 5.31. The standard InChI is InChI=1S/C17H13ClN4/c18-14-4-2-13(3-5-14)17-20-15-6-1-12(9-16(15)21-17)10-22-8-7-19-11-22/h1-9,11H,10H2,(H,20,21). The molecule has 5 heteroatoms. The fourth-order valence-electron chi connectivity index (χ4n) is 2.49. The Kier molecular flexibility index (Phi) is 3.16. The first-order chi connectivity index (χ1) is 10.8. The number of H-pyrrole nitrogens is 1. The minimum atomic E-state index is 0.725. The summed E-state index contributed by atoms with van der Waals surface area (Å²) in [7, 11) is 0. The largest absolute Gasteiger partial charge is 0.338 e. The fraction of sp³-hybridized carbons (Fsp3) is 0.0588. The minimum absolute atomic E-state index is 0.725. The number of imidazole rings is 2. The van der Waals surface area contributed by atoms with Gasteiger partial charge in [0.25, 0.3) is 0 Å². The summed E-state index contributed by atoms with van der Waals surface area (Å²) in [6.45, 7) is 0.797. The Labute approximate surface area is 132 Å². The van der Waals surface area contributed by atoms with Crippen LogP contribution in [0.5, 0.6) is 0 Å². The van der Waals surface area contributed by atoms with Gasteiger partial charge in [0.2, 0.25) is 0 Å². The average molecular weight is 309 g/mol. The zero-order chi connectivity index (χ0) is 14.9. The van der Waals surface area contributed by atoms with Crippen LogP contribution < -0.4 is 0 Å². The normalized spacial score (nSPS) is 11.1. The van der Waals surface area contributed by atoms with Crippen LogP contribution in [-0.2, 0) is 6.54 Å². The van der Waals surface area contributed by atoms with Crippen molar-refractivity contribution in [1.29, 1.82) is 0 Å². The van der Waals surface area contributed by atoms with Crippen LogP contribution in [0.3, 0.4) is 0 Å². The summed E-state index contributed by atoms with van der Waals surface area (Å²) in [6.07, 6.45) is 5.56. The molecule has 2 aromatic heterocycles. The highest BCUT2D eigenvalue weighted by Gasteiger charge is 2.06. The van der Waals surface area contributed by atoms with E-state index >= 15 is 0 Å². The van der Waals surface area contributed by atoms with Crippen LogP contribution in [0.15, 0.2) is 61.2 Å². The Balaban J connectivity index is 1.70. The molecule has 0 saturated heterocycles. The molecule has 0 aliphatic carbocycles. The molecule has 0 radical (unpaired) electrons. The molecule has 0 atom stereocenters. The third kappa shape index (κ3) is 2.49. The van der Waals surface area contributed by atoms with E-state index in [1.165, 1.54) is 5.56 Å². The minimum Gasteiger partial charge on any atom is -0.338 e. The number of aromatic amines is 1. The van der Waals surface area contributed by atoms with Crippen molar-refractivity contribution in [3.05, 3.63) is 71.8 Å². The van der Waals surface area contributed by atoms with E-state index in [2.05, 4.69) is 27.1 Å². The highest BCUT2D eigenvalue weighted by atomic mass is 35.5. The van der Waals surface area contributed by atoms with Gasteiger partial charge in [-0.3, -0.25) is 0 Å². The van der Waals surface area contributed by atoms with Gasteiger partial charge >= 0.3 is 0 Å². The second-order valence-electron chi connectivity index (χ2n) is 5.18. The van der Waals surface area contributed by atoms with Gasteiger partial charge in [0.05, 0.1) is 17.4 Å². The molecule has 0 aliphatic heterocycles. The van der Waals surface area contributed by atoms with E-state index in [1.54, 1.807) is 6.20 Å². The quantitative estimate of drug-likeness (QED) is 0.618. The van der Waals surface area contributed by atoms with Crippen molar-refractivity contribution in [2.24, 2.45) is 0 Å². The Morgan fingerprint density at radius 1 is 1.09 bits per heavy atom. The van der Waals surface area contributed by atoms with Crippen LogP contribution in [0.2, 0.25) is 5.02 Å². The fourth-order valence-corrected chi connectivity index (χ4v) is 2.62.